The Morgan fingerprint density at radius 3 is 2.10 bits per heavy atom. The number of benzene rings is 3. The summed E-state index contributed by atoms with van der Waals surface area (Å²) in [6.07, 6.45) is 1.77. The molecule has 0 bridgehead atoms. The van der Waals surface area contributed by atoms with Gasteiger partial charge in [-0.05, 0) is 34.9 Å². The Hall–Kier alpha value is -4.38. The van der Waals surface area contributed by atoms with E-state index in [1.165, 1.54) is 35.7 Å². The van der Waals surface area contributed by atoms with Crippen LogP contribution in [0.1, 0.15) is 22.9 Å². The van der Waals surface area contributed by atoms with E-state index < -0.39 is 35.2 Å². The second-order valence-electron chi connectivity index (χ2n) is 9.43. The fourth-order valence-electron chi connectivity index (χ4n) is 4.89. The summed E-state index contributed by atoms with van der Waals surface area (Å²) in [5.74, 6) is 0.328. The van der Waals surface area contributed by atoms with Crippen molar-refractivity contribution in [1.29, 1.82) is 0 Å². The van der Waals surface area contributed by atoms with E-state index in [0.29, 0.717) is 4.91 Å². The maximum Gasteiger partial charge on any atom is 0.330 e. The quantitative estimate of drug-likeness (QED) is 0.205. The van der Waals surface area contributed by atoms with Crippen molar-refractivity contribution in [1.82, 2.24) is 9.55 Å². The van der Waals surface area contributed by atoms with E-state index in [1.807, 2.05) is 91.0 Å². The van der Waals surface area contributed by atoms with Crippen LogP contribution in [0.5, 0.6) is 5.75 Å². The number of hydrogen-bond acceptors (Lipinski definition) is 8. The number of aromatic amines is 1. The Balaban J connectivity index is 1.53. The molecular weight excluding hydrogens is 556 g/mol. The van der Waals surface area contributed by atoms with E-state index >= 15 is 0 Å². The van der Waals surface area contributed by atoms with Gasteiger partial charge >= 0.3 is 11.7 Å². The molecule has 0 saturated heterocycles. The Bertz CT molecular complexity index is 1610. The smallest absolute Gasteiger partial charge is 0.330 e. The van der Waals surface area contributed by atoms with Crippen LogP contribution in [0.4, 0.5) is 0 Å². The Morgan fingerprint density at radius 2 is 1.52 bits per heavy atom. The topological polar surface area (TPSA) is 109 Å². The molecule has 10 heteroatoms. The molecule has 1 N–H and O–H groups in total. The van der Waals surface area contributed by atoms with E-state index in [2.05, 4.69) is 4.98 Å². The number of thioether (sulfide) groups is 1. The number of hydrogen-bond donors (Lipinski definition) is 1. The van der Waals surface area contributed by atoms with Crippen LogP contribution in [0.2, 0.25) is 0 Å². The number of H-pyrrole nitrogens is 1. The summed E-state index contributed by atoms with van der Waals surface area (Å²) in [6.45, 7) is 0.104. The minimum absolute atomic E-state index is 0.0255. The highest BCUT2D eigenvalue weighted by Crippen LogP contribution is 2.43. The second-order valence-corrected chi connectivity index (χ2v) is 10.5. The molecule has 2 heterocycles. The summed E-state index contributed by atoms with van der Waals surface area (Å²) in [5, 5.41) is 0. The van der Waals surface area contributed by atoms with Gasteiger partial charge in [0.05, 0.1) is 26.6 Å². The van der Waals surface area contributed by atoms with E-state index in [1.54, 1.807) is 7.11 Å². The number of methoxy groups -OCH3 is 2. The molecule has 0 spiro atoms. The first-order chi connectivity index (χ1) is 20.4. The van der Waals surface area contributed by atoms with Crippen LogP contribution in [0, 0.1) is 0 Å². The molecule has 1 aromatic heterocycles. The van der Waals surface area contributed by atoms with Crippen LogP contribution in [0.15, 0.2) is 118 Å². The van der Waals surface area contributed by atoms with Crippen LogP contribution in [-0.2, 0) is 24.6 Å². The zero-order valence-electron chi connectivity index (χ0n) is 23.1. The van der Waals surface area contributed by atoms with E-state index in [0.717, 1.165) is 22.4 Å². The van der Waals surface area contributed by atoms with Gasteiger partial charge in [0.25, 0.3) is 5.56 Å². The summed E-state index contributed by atoms with van der Waals surface area (Å²) in [7, 11) is 2.94. The average molecular weight is 587 g/mol. The SMILES string of the molecule is COC(=O)CSC1=C[C@@H](COC(c2ccccc2)(c2ccccc2)c2ccc(OC)cc2)O[C@H]1n1ccc(=O)[nH]c1=O. The van der Waals surface area contributed by atoms with Crippen molar-refractivity contribution < 1.29 is 23.7 Å². The number of nitrogens with one attached hydrogen (secondary N) is 1. The third kappa shape index (κ3) is 6.11. The third-order valence-corrected chi connectivity index (χ3v) is 7.96. The molecule has 9 nitrogen and oxygen atoms in total. The zero-order chi connectivity index (χ0) is 29.5. The van der Waals surface area contributed by atoms with Crippen molar-refractivity contribution in [3.05, 3.63) is 146 Å². The highest BCUT2D eigenvalue weighted by Gasteiger charge is 2.40. The minimum Gasteiger partial charge on any atom is -0.497 e. The molecule has 0 amide bonds. The standard InChI is InChI=1S/C32H30N2O7S/c1-38-25-15-13-24(14-16-25)32(22-9-5-3-6-10-22,23-11-7-4-8-12-23)40-20-26-19-27(42-21-29(36)39-2)30(41-26)34-18-17-28(35)33-31(34)37/h3-19,26,30H,20-21H2,1-2H3,(H,33,35,37)/t26-,30+/m0/s1. The van der Waals surface area contributed by atoms with Gasteiger partial charge in [-0.1, -0.05) is 72.8 Å². The molecule has 216 valence electrons. The lowest BCUT2D eigenvalue weighted by atomic mass is 9.80. The molecule has 1 aliphatic heterocycles. The van der Waals surface area contributed by atoms with Gasteiger partial charge in [-0.2, -0.15) is 0 Å². The largest absolute Gasteiger partial charge is 0.497 e. The first-order valence-electron chi connectivity index (χ1n) is 13.2. The van der Waals surface area contributed by atoms with Crippen molar-refractivity contribution in [3.63, 3.8) is 0 Å². The summed E-state index contributed by atoms with van der Waals surface area (Å²) >= 11 is 1.20. The van der Waals surface area contributed by atoms with Gasteiger partial charge in [-0.3, -0.25) is 19.1 Å². The summed E-state index contributed by atoms with van der Waals surface area (Å²) in [5.41, 5.74) is 0.556. The lowest BCUT2D eigenvalue weighted by Gasteiger charge is -2.36. The van der Waals surface area contributed by atoms with Crippen molar-refractivity contribution in [2.75, 3.05) is 26.6 Å². The fourth-order valence-corrected chi connectivity index (χ4v) is 5.85. The highest BCUT2D eigenvalue weighted by molar-refractivity contribution is 8.03. The third-order valence-electron chi connectivity index (χ3n) is 6.91. The molecule has 1 aliphatic rings. The van der Waals surface area contributed by atoms with Crippen molar-refractivity contribution >= 4 is 17.7 Å². The second kappa shape index (κ2) is 13.1. The highest BCUT2D eigenvalue weighted by atomic mass is 32.2. The first-order valence-corrected chi connectivity index (χ1v) is 14.2. The van der Waals surface area contributed by atoms with E-state index in [-0.39, 0.29) is 12.4 Å². The zero-order valence-corrected chi connectivity index (χ0v) is 23.9. The monoisotopic (exact) mass is 586 g/mol. The predicted molar refractivity (Wildman–Crippen MR) is 160 cm³/mol. The number of carbonyl (C=O) groups excluding carboxylic acids is 1. The van der Waals surface area contributed by atoms with Gasteiger partial charge < -0.3 is 18.9 Å². The number of esters is 1. The Morgan fingerprint density at radius 1 is 0.905 bits per heavy atom. The maximum absolute atomic E-state index is 12.7. The summed E-state index contributed by atoms with van der Waals surface area (Å²) in [6, 6.07) is 28.8. The molecule has 0 saturated carbocycles. The first kappa shape index (κ1) is 29.1. The summed E-state index contributed by atoms with van der Waals surface area (Å²) in [4.78, 5) is 39.2. The molecule has 4 aromatic rings. The average Bonchev–Trinajstić information content (AvgIpc) is 3.44. The maximum atomic E-state index is 12.7. The molecule has 0 radical (unpaired) electrons. The molecule has 3 aromatic carbocycles. The molecule has 0 fully saturated rings. The Kier molecular flexibility index (Phi) is 9.06. The minimum atomic E-state index is -1.02. The van der Waals surface area contributed by atoms with Crippen molar-refractivity contribution in [2.45, 2.75) is 17.9 Å². The van der Waals surface area contributed by atoms with Crippen molar-refractivity contribution in [2.24, 2.45) is 0 Å². The van der Waals surface area contributed by atoms with Crippen LogP contribution in [0.3, 0.4) is 0 Å². The molecule has 0 aliphatic carbocycles. The van der Waals surface area contributed by atoms with E-state index in [9.17, 15) is 14.4 Å². The molecule has 0 unspecified atom stereocenters. The number of nitrogens with zero attached hydrogens (tertiary/aromatic N) is 1. The van der Waals surface area contributed by atoms with Gasteiger partial charge in [-0.25, -0.2) is 4.79 Å². The lowest BCUT2D eigenvalue weighted by molar-refractivity contribution is -0.137. The number of ether oxygens (including phenoxy) is 4. The molecule has 5 rings (SSSR count). The number of rotatable bonds is 11. The fraction of sp³-hybridized carbons (Fsp3) is 0.219. The number of aromatic nitrogens is 2. The van der Waals surface area contributed by atoms with Gasteiger partial charge in [0.1, 0.15) is 17.5 Å². The summed E-state index contributed by atoms with van der Waals surface area (Å²) < 4.78 is 24.7. The van der Waals surface area contributed by atoms with Gasteiger partial charge in [0, 0.05) is 17.2 Å². The van der Waals surface area contributed by atoms with Gasteiger partial charge in [0.15, 0.2) is 6.23 Å². The molecular formula is C32H30N2O7S. The predicted octanol–water partition coefficient (Wildman–Crippen LogP) is 4.24. The van der Waals surface area contributed by atoms with Crippen LogP contribution in [0.25, 0.3) is 0 Å². The van der Waals surface area contributed by atoms with Crippen LogP contribution in [-0.4, -0.2) is 48.2 Å². The molecule has 42 heavy (non-hydrogen) atoms. The van der Waals surface area contributed by atoms with Crippen LogP contribution >= 0.6 is 11.8 Å². The van der Waals surface area contributed by atoms with Crippen LogP contribution < -0.4 is 16.0 Å². The number of carbonyl (C=O) groups is 1. The van der Waals surface area contributed by atoms with Gasteiger partial charge in [-0.15, -0.1) is 11.8 Å². The molecule has 2 atom stereocenters. The van der Waals surface area contributed by atoms with E-state index in [4.69, 9.17) is 18.9 Å². The lowest BCUT2D eigenvalue weighted by Crippen LogP contribution is -2.36. The van der Waals surface area contributed by atoms with Crippen molar-refractivity contribution in [3.8, 4) is 5.75 Å². The normalized spacial score (nSPS) is 16.6. The Labute approximate surface area is 246 Å². The van der Waals surface area contributed by atoms with Gasteiger partial charge in [0.2, 0.25) is 0 Å².